The van der Waals surface area contributed by atoms with Crippen LogP contribution in [0.1, 0.15) is 27.0 Å². The predicted octanol–water partition coefficient (Wildman–Crippen LogP) is 2.36. The number of aromatic nitrogens is 1. The topological polar surface area (TPSA) is 49.7 Å². The third-order valence-electron chi connectivity index (χ3n) is 5.86. The Bertz CT molecular complexity index is 1020. The summed E-state index contributed by atoms with van der Waals surface area (Å²) in [5.41, 5.74) is 5.60. The molecule has 1 aliphatic heterocycles. The Kier molecular flexibility index (Phi) is 5.83. The Hall–Kier alpha value is -2.44. The zero-order valence-corrected chi connectivity index (χ0v) is 18.2. The van der Waals surface area contributed by atoms with Gasteiger partial charge in [0.2, 0.25) is 0 Å². The molecule has 1 aromatic heterocycles. The highest BCUT2D eigenvalue weighted by molar-refractivity contribution is 7.22. The Labute approximate surface area is 176 Å². The summed E-state index contributed by atoms with van der Waals surface area (Å²) in [6, 6.07) is 12.1. The number of carbonyl (C=O) groups is 1. The van der Waals surface area contributed by atoms with Gasteiger partial charge in [0.25, 0.3) is 5.91 Å². The summed E-state index contributed by atoms with van der Waals surface area (Å²) in [6.07, 6.45) is 0. The van der Waals surface area contributed by atoms with Crippen molar-refractivity contribution in [3.05, 3.63) is 58.7 Å². The highest BCUT2D eigenvalue weighted by Gasteiger charge is 2.22. The zero-order valence-electron chi connectivity index (χ0n) is 17.4. The number of amides is 1. The molecule has 0 bridgehead atoms. The molecule has 0 atom stereocenters. The summed E-state index contributed by atoms with van der Waals surface area (Å²) >= 11 is 1.80. The van der Waals surface area contributed by atoms with Gasteiger partial charge in [0.1, 0.15) is 0 Å². The van der Waals surface area contributed by atoms with Gasteiger partial charge in [0.05, 0.1) is 49.5 Å². The number of nitrogens with one attached hydrogen (secondary N) is 2. The second kappa shape index (κ2) is 8.51. The van der Waals surface area contributed by atoms with Gasteiger partial charge in [-0.25, -0.2) is 4.98 Å². The fourth-order valence-electron chi connectivity index (χ4n) is 3.85. The van der Waals surface area contributed by atoms with Crippen molar-refractivity contribution >= 4 is 32.6 Å². The summed E-state index contributed by atoms with van der Waals surface area (Å²) < 4.78 is 1.27. The van der Waals surface area contributed by atoms with Crippen LogP contribution in [0.3, 0.4) is 0 Å². The van der Waals surface area contributed by atoms with E-state index in [0.717, 1.165) is 54.5 Å². The van der Waals surface area contributed by atoms with Gasteiger partial charge < -0.3 is 15.1 Å². The molecule has 2 heterocycles. The van der Waals surface area contributed by atoms with Gasteiger partial charge in [0.15, 0.2) is 5.13 Å². The van der Waals surface area contributed by atoms with Crippen LogP contribution in [0, 0.1) is 20.8 Å². The maximum atomic E-state index is 12.3. The monoisotopic (exact) mass is 409 g/mol. The summed E-state index contributed by atoms with van der Waals surface area (Å²) in [5, 5.41) is 4.20. The average molecular weight is 410 g/mol. The first-order valence-corrected chi connectivity index (χ1v) is 11.1. The summed E-state index contributed by atoms with van der Waals surface area (Å²) in [5.74, 6) is 0.0203. The number of hydrogen-bond acceptors (Lipinski definition) is 4. The number of fused-ring (bicyclic) bond motifs is 1. The van der Waals surface area contributed by atoms with E-state index in [0.29, 0.717) is 6.54 Å². The van der Waals surface area contributed by atoms with Crippen LogP contribution in [-0.4, -0.2) is 50.2 Å². The van der Waals surface area contributed by atoms with Gasteiger partial charge in [-0.1, -0.05) is 35.1 Å². The second-order valence-corrected chi connectivity index (χ2v) is 8.97. The lowest BCUT2D eigenvalue weighted by Crippen LogP contribution is -3.15. The van der Waals surface area contributed by atoms with E-state index in [1.165, 1.54) is 15.8 Å². The van der Waals surface area contributed by atoms with Crippen molar-refractivity contribution in [2.45, 2.75) is 20.8 Å². The van der Waals surface area contributed by atoms with Crippen molar-refractivity contribution in [3.8, 4) is 0 Å². The molecule has 0 radical (unpaired) electrons. The number of nitrogens with zero attached hydrogens (tertiary/aromatic N) is 2. The first-order chi connectivity index (χ1) is 14.0. The minimum Gasteiger partial charge on any atom is -0.346 e. The number of rotatable bonds is 5. The van der Waals surface area contributed by atoms with Crippen LogP contribution in [0.15, 0.2) is 36.4 Å². The van der Waals surface area contributed by atoms with Gasteiger partial charge in [-0.3, -0.25) is 4.79 Å². The summed E-state index contributed by atoms with van der Waals surface area (Å²) in [4.78, 5) is 21.2. The number of piperazine rings is 1. The molecule has 0 aliphatic carbocycles. The van der Waals surface area contributed by atoms with E-state index in [9.17, 15) is 4.79 Å². The quantitative estimate of drug-likeness (QED) is 0.680. The lowest BCUT2D eigenvalue weighted by Gasteiger charge is -2.32. The molecule has 3 aromatic rings. The number of aryl methyl sites for hydroxylation is 3. The molecule has 6 heteroatoms. The van der Waals surface area contributed by atoms with Crippen LogP contribution in [0.2, 0.25) is 0 Å². The highest BCUT2D eigenvalue weighted by atomic mass is 32.1. The molecular weight excluding hydrogens is 380 g/mol. The number of hydrogen-bond donors (Lipinski definition) is 2. The van der Waals surface area contributed by atoms with Crippen LogP contribution >= 0.6 is 11.3 Å². The van der Waals surface area contributed by atoms with Crippen molar-refractivity contribution < 1.29 is 9.69 Å². The third-order valence-corrected chi connectivity index (χ3v) is 6.94. The summed E-state index contributed by atoms with van der Waals surface area (Å²) in [7, 11) is 0. The van der Waals surface area contributed by atoms with Gasteiger partial charge in [-0.2, -0.15) is 0 Å². The third kappa shape index (κ3) is 4.43. The number of anilines is 1. The number of benzene rings is 2. The van der Waals surface area contributed by atoms with E-state index in [-0.39, 0.29) is 5.91 Å². The van der Waals surface area contributed by atoms with Crippen molar-refractivity contribution in [1.29, 1.82) is 0 Å². The maximum absolute atomic E-state index is 12.3. The molecule has 0 spiro atoms. The van der Waals surface area contributed by atoms with E-state index in [1.807, 2.05) is 31.2 Å². The van der Waals surface area contributed by atoms with E-state index in [4.69, 9.17) is 4.98 Å². The molecule has 0 saturated carbocycles. The molecule has 0 unspecified atom stereocenters. The normalized spacial score (nSPS) is 15.1. The molecule has 2 aromatic carbocycles. The number of carbonyl (C=O) groups excluding carboxylic acids is 1. The Morgan fingerprint density at radius 2 is 1.97 bits per heavy atom. The standard InChI is InChI=1S/C23H28N4OS/c1-16-5-4-6-19(15-16)22(28)24-9-10-26-11-13-27(14-12-26)23-25-21-18(3)17(2)7-8-20(21)29-23/h4-8,15H,9-14H2,1-3H3,(H,24,28)/p+1. The minimum absolute atomic E-state index is 0.0203. The number of thiazole rings is 1. The van der Waals surface area contributed by atoms with Crippen LogP contribution < -0.4 is 15.1 Å². The van der Waals surface area contributed by atoms with E-state index in [2.05, 4.69) is 36.2 Å². The van der Waals surface area contributed by atoms with E-state index >= 15 is 0 Å². The number of quaternary nitrogens is 1. The Morgan fingerprint density at radius 3 is 2.72 bits per heavy atom. The van der Waals surface area contributed by atoms with Gasteiger partial charge in [0, 0.05) is 5.56 Å². The molecule has 1 aliphatic rings. The Morgan fingerprint density at radius 1 is 1.17 bits per heavy atom. The minimum atomic E-state index is 0.0203. The zero-order chi connectivity index (χ0) is 20.4. The van der Waals surface area contributed by atoms with Crippen molar-refractivity contribution in [3.63, 3.8) is 0 Å². The molecule has 1 amide bonds. The molecule has 29 heavy (non-hydrogen) atoms. The van der Waals surface area contributed by atoms with Crippen LogP contribution in [-0.2, 0) is 0 Å². The highest BCUT2D eigenvalue weighted by Crippen LogP contribution is 2.31. The lowest BCUT2D eigenvalue weighted by molar-refractivity contribution is -0.899. The van der Waals surface area contributed by atoms with Crippen LogP contribution in [0.4, 0.5) is 5.13 Å². The summed E-state index contributed by atoms with van der Waals surface area (Å²) in [6.45, 7) is 12.2. The second-order valence-electron chi connectivity index (χ2n) is 7.96. The average Bonchev–Trinajstić information content (AvgIpc) is 3.16. The van der Waals surface area contributed by atoms with Crippen molar-refractivity contribution in [2.24, 2.45) is 0 Å². The van der Waals surface area contributed by atoms with Crippen LogP contribution in [0.5, 0.6) is 0 Å². The molecule has 152 valence electrons. The molecule has 1 saturated heterocycles. The predicted molar refractivity (Wildman–Crippen MR) is 120 cm³/mol. The van der Waals surface area contributed by atoms with Gasteiger partial charge in [-0.15, -0.1) is 0 Å². The van der Waals surface area contributed by atoms with Gasteiger partial charge in [-0.05, 0) is 50.1 Å². The van der Waals surface area contributed by atoms with Crippen molar-refractivity contribution in [2.75, 3.05) is 44.2 Å². The van der Waals surface area contributed by atoms with E-state index in [1.54, 1.807) is 16.2 Å². The molecule has 4 rings (SSSR count). The molecule has 1 fully saturated rings. The molecular formula is C23H29N4OS+. The van der Waals surface area contributed by atoms with E-state index < -0.39 is 0 Å². The fraction of sp³-hybridized carbons (Fsp3) is 0.391. The fourth-order valence-corrected chi connectivity index (χ4v) is 4.93. The Balaban J connectivity index is 1.27. The van der Waals surface area contributed by atoms with Crippen LogP contribution in [0.25, 0.3) is 10.2 Å². The first-order valence-electron chi connectivity index (χ1n) is 10.3. The molecule has 5 nitrogen and oxygen atoms in total. The van der Waals surface area contributed by atoms with Crippen molar-refractivity contribution in [1.82, 2.24) is 10.3 Å². The largest absolute Gasteiger partial charge is 0.346 e. The lowest BCUT2D eigenvalue weighted by atomic mass is 10.1. The SMILES string of the molecule is Cc1cccc(C(=O)NCC[NH+]2CCN(c3nc4c(C)c(C)ccc4s3)CC2)c1. The first kappa shape index (κ1) is 19.9. The smallest absolute Gasteiger partial charge is 0.251 e. The maximum Gasteiger partial charge on any atom is 0.251 e. The molecule has 2 N–H and O–H groups in total. The van der Waals surface area contributed by atoms with Gasteiger partial charge >= 0.3 is 0 Å².